The Bertz CT molecular complexity index is 791. The van der Waals surface area contributed by atoms with Crippen molar-refractivity contribution in [3.05, 3.63) is 68.7 Å². The van der Waals surface area contributed by atoms with Gasteiger partial charge in [-0.25, -0.2) is 5.43 Å². The number of amides is 1. The molecule has 2 rings (SSSR count). The predicted molar refractivity (Wildman–Crippen MR) is 95.2 cm³/mol. The van der Waals surface area contributed by atoms with Gasteiger partial charge in [0.15, 0.2) is 0 Å². The van der Waals surface area contributed by atoms with Gasteiger partial charge in [0.1, 0.15) is 10.8 Å². The standard InChI is InChI=1S/C17H16ClN3O4/c1-2-25-14-6-3-12(4-7-14)10-17(22)20-19-11-13-5-8-15(18)16(9-13)21(23)24/h3-9,11H,2,10H2,1H3,(H,20,22)/b19-11+. The number of nitro groups is 1. The third kappa shape index (κ3) is 5.58. The minimum absolute atomic E-state index is 0.0432. The third-order valence-electron chi connectivity index (χ3n) is 3.17. The summed E-state index contributed by atoms with van der Waals surface area (Å²) in [7, 11) is 0. The lowest BCUT2D eigenvalue weighted by atomic mass is 10.1. The minimum atomic E-state index is -0.579. The Morgan fingerprint density at radius 1 is 1.32 bits per heavy atom. The number of nitro benzene ring substituents is 1. The van der Waals surface area contributed by atoms with E-state index in [-0.39, 0.29) is 23.0 Å². The second kappa shape index (κ2) is 8.79. The molecule has 0 spiro atoms. The molecule has 0 aliphatic carbocycles. The zero-order chi connectivity index (χ0) is 18.2. The fourth-order valence-corrected chi connectivity index (χ4v) is 2.21. The van der Waals surface area contributed by atoms with Gasteiger partial charge in [0.05, 0.1) is 24.2 Å². The molecule has 0 aliphatic rings. The lowest BCUT2D eigenvalue weighted by Gasteiger charge is -2.04. The van der Waals surface area contributed by atoms with Crippen molar-refractivity contribution in [2.75, 3.05) is 6.61 Å². The monoisotopic (exact) mass is 361 g/mol. The number of nitrogens with zero attached hydrogens (tertiary/aromatic N) is 2. The van der Waals surface area contributed by atoms with Crippen LogP contribution in [0.4, 0.5) is 5.69 Å². The first-order valence-corrected chi connectivity index (χ1v) is 7.85. The number of hydrazone groups is 1. The summed E-state index contributed by atoms with van der Waals surface area (Å²) < 4.78 is 5.33. The maximum absolute atomic E-state index is 11.9. The van der Waals surface area contributed by atoms with Crippen LogP contribution in [0.5, 0.6) is 5.75 Å². The first-order chi connectivity index (χ1) is 12.0. The van der Waals surface area contributed by atoms with E-state index in [0.717, 1.165) is 11.3 Å². The fourth-order valence-electron chi connectivity index (χ4n) is 2.02. The number of carbonyl (C=O) groups excluding carboxylic acids is 1. The van der Waals surface area contributed by atoms with Crippen LogP contribution in [0.2, 0.25) is 5.02 Å². The lowest BCUT2D eigenvalue weighted by molar-refractivity contribution is -0.384. The van der Waals surface area contributed by atoms with Gasteiger partial charge in [0, 0.05) is 11.6 Å². The van der Waals surface area contributed by atoms with Crippen molar-refractivity contribution in [3.63, 3.8) is 0 Å². The SMILES string of the molecule is CCOc1ccc(CC(=O)N/N=C/c2ccc(Cl)c([N+](=O)[O-])c2)cc1. The van der Waals surface area contributed by atoms with Gasteiger partial charge in [-0.1, -0.05) is 29.8 Å². The van der Waals surface area contributed by atoms with Crippen LogP contribution in [0.3, 0.4) is 0 Å². The Morgan fingerprint density at radius 2 is 2.04 bits per heavy atom. The van der Waals surface area contributed by atoms with Crippen molar-refractivity contribution in [3.8, 4) is 5.75 Å². The fraction of sp³-hybridized carbons (Fsp3) is 0.176. The van der Waals surface area contributed by atoms with E-state index in [2.05, 4.69) is 10.5 Å². The van der Waals surface area contributed by atoms with Crippen molar-refractivity contribution < 1.29 is 14.5 Å². The van der Waals surface area contributed by atoms with Crippen molar-refractivity contribution in [1.29, 1.82) is 0 Å². The topological polar surface area (TPSA) is 93.8 Å². The second-order valence-electron chi connectivity index (χ2n) is 5.01. The van der Waals surface area contributed by atoms with Crippen LogP contribution in [-0.2, 0) is 11.2 Å². The smallest absolute Gasteiger partial charge is 0.288 e. The summed E-state index contributed by atoms with van der Waals surface area (Å²) in [6.45, 7) is 2.48. The molecular weight excluding hydrogens is 346 g/mol. The summed E-state index contributed by atoms with van der Waals surface area (Å²) in [6.07, 6.45) is 1.48. The summed E-state index contributed by atoms with van der Waals surface area (Å²) >= 11 is 5.73. The highest BCUT2D eigenvalue weighted by atomic mass is 35.5. The summed E-state index contributed by atoms with van der Waals surface area (Å²) in [4.78, 5) is 22.1. The molecule has 0 heterocycles. The molecule has 0 aromatic heterocycles. The van der Waals surface area contributed by atoms with E-state index in [1.165, 1.54) is 18.3 Å². The van der Waals surface area contributed by atoms with Crippen LogP contribution >= 0.6 is 11.6 Å². The van der Waals surface area contributed by atoms with E-state index in [0.29, 0.717) is 12.2 Å². The molecular formula is C17H16ClN3O4. The van der Waals surface area contributed by atoms with E-state index >= 15 is 0 Å². The van der Waals surface area contributed by atoms with E-state index < -0.39 is 4.92 Å². The summed E-state index contributed by atoms with van der Waals surface area (Å²) in [5, 5.41) is 14.7. The lowest BCUT2D eigenvalue weighted by Crippen LogP contribution is -2.19. The largest absolute Gasteiger partial charge is 0.494 e. The van der Waals surface area contributed by atoms with Crippen molar-refractivity contribution in [2.24, 2.45) is 5.10 Å². The number of benzene rings is 2. The molecule has 2 aromatic carbocycles. The highest BCUT2D eigenvalue weighted by Gasteiger charge is 2.11. The molecule has 25 heavy (non-hydrogen) atoms. The molecule has 1 N–H and O–H groups in total. The number of ether oxygens (including phenoxy) is 1. The zero-order valence-corrected chi connectivity index (χ0v) is 14.2. The quantitative estimate of drug-likeness (QED) is 0.465. The second-order valence-corrected chi connectivity index (χ2v) is 5.42. The maximum atomic E-state index is 11.9. The van der Waals surface area contributed by atoms with Gasteiger partial charge < -0.3 is 4.74 Å². The van der Waals surface area contributed by atoms with Gasteiger partial charge in [-0.2, -0.15) is 5.10 Å². The molecule has 0 aliphatic heterocycles. The molecule has 0 saturated carbocycles. The number of halogens is 1. The predicted octanol–water partition coefficient (Wildman–Crippen LogP) is 3.34. The minimum Gasteiger partial charge on any atom is -0.494 e. The van der Waals surface area contributed by atoms with Crippen molar-refractivity contribution in [2.45, 2.75) is 13.3 Å². The molecule has 2 aromatic rings. The van der Waals surface area contributed by atoms with Gasteiger partial charge >= 0.3 is 0 Å². The van der Waals surface area contributed by atoms with Crippen LogP contribution in [0.25, 0.3) is 0 Å². The van der Waals surface area contributed by atoms with Crippen molar-refractivity contribution in [1.82, 2.24) is 5.43 Å². The van der Waals surface area contributed by atoms with Gasteiger partial charge in [0.2, 0.25) is 5.91 Å². The van der Waals surface area contributed by atoms with Crippen molar-refractivity contribution >= 4 is 29.4 Å². The molecule has 1 amide bonds. The molecule has 0 bridgehead atoms. The van der Waals surface area contributed by atoms with Gasteiger partial charge in [-0.05, 0) is 30.7 Å². The summed E-state index contributed by atoms with van der Waals surface area (Å²) in [6, 6.07) is 11.4. The van der Waals surface area contributed by atoms with Gasteiger partial charge in [-0.3, -0.25) is 14.9 Å². The zero-order valence-electron chi connectivity index (χ0n) is 13.4. The Labute approximate surface area is 149 Å². The number of nitrogens with one attached hydrogen (secondary N) is 1. The molecule has 0 fully saturated rings. The average molecular weight is 362 g/mol. The van der Waals surface area contributed by atoms with E-state index in [9.17, 15) is 14.9 Å². The molecule has 130 valence electrons. The average Bonchev–Trinajstić information content (AvgIpc) is 2.58. The third-order valence-corrected chi connectivity index (χ3v) is 3.49. The number of hydrogen-bond acceptors (Lipinski definition) is 5. The van der Waals surface area contributed by atoms with Crippen LogP contribution in [0.15, 0.2) is 47.6 Å². The highest BCUT2D eigenvalue weighted by Crippen LogP contribution is 2.24. The Morgan fingerprint density at radius 3 is 2.68 bits per heavy atom. The first kappa shape index (κ1) is 18.4. The van der Waals surface area contributed by atoms with Crippen LogP contribution in [-0.4, -0.2) is 23.7 Å². The highest BCUT2D eigenvalue weighted by molar-refractivity contribution is 6.32. The van der Waals surface area contributed by atoms with E-state index in [1.54, 1.807) is 30.3 Å². The molecule has 0 atom stereocenters. The van der Waals surface area contributed by atoms with E-state index in [1.807, 2.05) is 6.92 Å². The van der Waals surface area contributed by atoms with Gasteiger partial charge in [0.25, 0.3) is 5.69 Å². The van der Waals surface area contributed by atoms with Crippen LogP contribution in [0.1, 0.15) is 18.1 Å². The Balaban J connectivity index is 1.92. The molecule has 0 radical (unpaired) electrons. The Kier molecular flexibility index (Phi) is 6.47. The molecule has 8 heteroatoms. The van der Waals surface area contributed by atoms with E-state index in [4.69, 9.17) is 16.3 Å². The Hall–Kier alpha value is -2.93. The summed E-state index contributed by atoms with van der Waals surface area (Å²) in [5.74, 6) is 0.442. The number of rotatable bonds is 7. The first-order valence-electron chi connectivity index (χ1n) is 7.47. The normalized spacial score (nSPS) is 10.6. The van der Waals surface area contributed by atoms with Gasteiger partial charge in [-0.15, -0.1) is 0 Å². The summed E-state index contributed by atoms with van der Waals surface area (Å²) in [5.41, 5.74) is 3.44. The molecule has 0 saturated heterocycles. The van der Waals surface area contributed by atoms with Crippen LogP contribution in [0, 0.1) is 10.1 Å². The molecule has 0 unspecified atom stereocenters. The number of hydrogen-bond donors (Lipinski definition) is 1. The molecule has 7 nitrogen and oxygen atoms in total. The van der Waals surface area contributed by atoms with Crippen LogP contribution < -0.4 is 10.2 Å². The number of carbonyl (C=O) groups is 1. The maximum Gasteiger partial charge on any atom is 0.288 e.